The van der Waals surface area contributed by atoms with Gasteiger partial charge in [0.25, 0.3) is 11.5 Å². The summed E-state index contributed by atoms with van der Waals surface area (Å²) in [5, 5.41) is 10.6. The van der Waals surface area contributed by atoms with Crippen LogP contribution in [0.5, 0.6) is 0 Å². The molecule has 8 nitrogen and oxygen atoms in total. The normalized spacial score (nSPS) is 10.6. The molecular weight excluding hydrogens is 274 g/mol. The van der Waals surface area contributed by atoms with E-state index in [0.717, 1.165) is 5.56 Å². The monoisotopic (exact) mass is 291 g/mol. The SMILES string of the molecule is COCCn1nc(C(=O)N(C)Cc2cn[nH]c2)ccc1=O. The molecule has 0 fully saturated rings. The van der Waals surface area contributed by atoms with Crippen LogP contribution in [-0.2, 0) is 17.8 Å². The van der Waals surface area contributed by atoms with Crippen LogP contribution < -0.4 is 5.56 Å². The van der Waals surface area contributed by atoms with Gasteiger partial charge in [-0.25, -0.2) is 4.68 Å². The highest BCUT2D eigenvalue weighted by atomic mass is 16.5. The molecule has 0 unspecified atom stereocenters. The van der Waals surface area contributed by atoms with E-state index in [9.17, 15) is 9.59 Å². The number of carbonyl (C=O) groups excluding carboxylic acids is 1. The number of methoxy groups -OCH3 is 1. The molecule has 0 aliphatic carbocycles. The smallest absolute Gasteiger partial charge is 0.274 e. The zero-order chi connectivity index (χ0) is 15.2. The first-order valence-corrected chi connectivity index (χ1v) is 6.42. The Morgan fingerprint density at radius 3 is 2.95 bits per heavy atom. The van der Waals surface area contributed by atoms with E-state index in [-0.39, 0.29) is 17.2 Å². The molecule has 2 aromatic rings. The summed E-state index contributed by atoms with van der Waals surface area (Å²) in [6.07, 6.45) is 3.37. The zero-order valence-electron chi connectivity index (χ0n) is 11.9. The Morgan fingerprint density at radius 1 is 1.48 bits per heavy atom. The lowest BCUT2D eigenvalue weighted by molar-refractivity contribution is 0.0775. The van der Waals surface area contributed by atoms with Gasteiger partial charge in [-0.2, -0.15) is 10.2 Å². The van der Waals surface area contributed by atoms with E-state index in [1.165, 1.54) is 21.7 Å². The van der Waals surface area contributed by atoms with Gasteiger partial charge in [-0.05, 0) is 6.07 Å². The molecule has 8 heteroatoms. The standard InChI is InChI=1S/C13H17N5O3/c1-17(9-10-7-14-15-8-10)13(20)11-3-4-12(19)18(16-11)5-6-21-2/h3-4,7-8H,5-6,9H2,1-2H3,(H,14,15). The zero-order valence-corrected chi connectivity index (χ0v) is 11.9. The van der Waals surface area contributed by atoms with E-state index >= 15 is 0 Å². The Hall–Kier alpha value is -2.48. The molecule has 0 bridgehead atoms. The maximum Gasteiger partial charge on any atom is 0.274 e. The van der Waals surface area contributed by atoms with Crippen LogP contribution in [-0.4, -0.2) is 51.5 Å². The van der Waals surface area contributed by atoms with E-state index in [1.807, 2.05) is 0 Å². The lowest BCUT2D eigenvalue weighted by atomic mass is 10.3. The van der Waals surface area contributed by atoms with Crippen molar-refractivity contribution in [3.63, 3.8) is 0 Å². The van der Waals surface area contributed by atoms with Gasteiger partial charge in [0.05, 0.1) is 19.3 Å². The first-order valence-electron chi connectivity index (χ1n) is 6.42. The van der Waals surface area contributed by atoms with Crippen LogP contribution in [0.1, 0.15) is 16.1 Å². The second-order valence-electron chi connectivity index (χ2n) is 4.54. The van der Waals surface area contributed by atoms with Crippen molar-refractivity contribution in [2.75, 3.05) is 20.8 Å². The van der Waals surface area contributed by atoms with Crippen molar-refractivity contribution in [3.8, 4) is 0 Å². The van der Waals surface area contributed by atoms with Gasteiger partial charge in [0.15, 0.2) is 0 Å². The molecule has 0 aliphatic rings. The third kappa shape index (κ3) is 3.76. The minimum atomic E-state index is -0.263. The molecule has 0 spiro atoms. The number of ether oxygens (including phenoxy) is 1. The third-order valence-electron chi connectivity index (χ3n) is 2.91. The summed E-state index contributed by atoms with van der Waals surface area (Å²) in [4.78, 5) is 25.4. The topological polar surface area (TPSA) is 93.1 Å². The van der Waals surface area contributed by atoms with Crippen LogP contribution in [0.15, 0.2) is 29.3 Å². The van der Waals surface area contributed by atoms with Crippen molar-refractivity contribution in [2.45, 2.75) is 13.1 Å². The van der Waals surface area contributed by atoms with Crippen molar-refractivity contribution in [1.29, 1.82) is 0 Å². The number of aromatic amines is 1. The van der Waals surface area contributed by atoms with Gasteiger partial charge in [-0.1, -0.05) is 0 Å². The summed E-state index contributed by atoms with van der Waals surface area (Å²) in [5.74, 6) is -0.262. The maximum absolute atomic E-state index is 12.3. The fourth-order valence-corrected chi connectivity index (χ4v) is 1.81. The maximum atomic E-state index is 12.3. The molecule has 1 amide bonds. The molecule has 0 aliphatic heterocycles. The van der Waals surface area contributed by atoms with Crippen LogP contribution >= 0.6 is 0 Å². The van der Waals surface area contributed by atoms with Gasteiger partial charge in [-0.15, -0.1) is 0 Å². The number of aromatic nitrogens is 4. The number of amides is 1. The minimum Gasteiger partial charge on any atom is -0.383 e. The lowest BCUT2D eigenvalue weighted by Gasteiger charge is -2.16. The average molecular weight is 291 g/mol. The first-order chi connectivity index (χ1) is 10.1. The summed E-state index contributed by atoms with van der Waals surface area (Å²) in [5.41, 5.74) is 0.844. The summed E-state index contributed by atoms with van der Waals surface area (Å²) < 4.78 is 6.14. The molecule has 2 rings (SSSR count). The summed E-state index contributed by atoms with van der Waals surface area (Å²) in [6.45, 7) is 1.07. The molecule has 21 heavy (non-hydrogen) atoms. The molecule has 0 saturated carbocycles. The summed E-state index contributed by atoms with van der Waals surface area (Å²) >= 11 is 0. The molecule has 0 aromatic carbocycles. The van der Waals surface area contributed by atoms with Crippen molar-refractivity contribution < 1.29 is 9.53 Å². The van der Waals surface area contributed by atoms with Gasteiger partial charge in [0.1, 0.15) is 5.69 Å². The van der Waals surface area contributed by atoms with E-state index in [0.29, 0.717) is 19.7 Å². The Balaban J connectivity index is 2.12. The second-order valence-corrected chi connectivity index (χ2v) is 4.54. The highest BCUT2D eigenvalue weighted by Crippen LogP contribution is 2.04. The van der Waals surface area contributed by atoms with Crippen molar-refractivity contribution >= 4 is 5.91 Å². The van der Waals surface area contributed by atoms with Crippen molar-refractivity contribution in [2.24, 2.45) is 0 Å². The number of carbonyl (C=O) groups is 1. The van der Waals surface area contributed by atoms with E-state index < -0.39 is 0 Å². The van der Waals surface area contributed by atoms with Crippen LogP contribution in [0.25, 0.3) is 0 Å². The van der Waals surface area contributed by atoms with Gasteiger partial charge < -0.3 is 9.64 Å². The first kappa shape index (κ1) is 14.9. The average Bonchev–Trinajstić information content (AvgIpc) is 2.98. The lowest BCUT2D eigenvalue weighted by Crippen LogP contribution is -2.31. The fraction of sp³-hybridized carbons (Fsp3) is 0.385. The van der Waals surface area contributed by atoms with Crippen LogP contribution in [0.3, 0.4) is 0 Å². The number of nitrogens with one attached hydrogen (secondary N) is 1. The third-order valence-corrected chi connectivity index (χ3v) is 2.91. The molecule has 0 radical (unpaired) electrons. The Bertz CT molecular complexity index is 650. The molecule has 0 saturated heterocycles. The predicted molar refractivity (Wildman–Crippen MR) is 74.8 cm³/mol. The van der Waals surface area contributed by atoms with E-state index in [1.54, 1.807) is 26.6 Å². The second kappa shape index (κ2) is 6.80. The fourth-order valence-electron chi connectivity index (χ4n) is 1.81. The highest BCUT2D eigenvalue weighted by Gasteiger charge is 2.15. The molecule has 2 heterocycles. The molecule has 112 valence electrons. The highest BCUT2D eigenvalue weighted by molar-refractivity contribution is 5.91. The predicted octanol–water partition coefficient (Wildman–Crippen LogP) is -0.115. The molecule has 1 N–H and O–H groups in total. The summed E-state index contributed by atoms with van der Waals surface area (Å²) in [7, 11) is 3.21. The van der Waals surface area contributed by atoms with Crippen LogP contribution in [0.2, 0.25) is 0 Å². The van der Waals surface area contributed by atoms with Gasteiger partial charge in [0, 0.05) is 38.5 Å². The number of rotatable bonds is 6. The largest absolute Gasteiger partial charge is 0.383 e. The number of hydrogen-bond donors (Lipinski definition) is 1. The van der Waals surface area contributed by atoms with E-state index in [4.69, 9.17) is 4.74 Å². The van der Waals surface area contributed by atoms with Gasteiger partial charge >= 0.3 is 0 Å². The molecular formula is C13H17N5O3. The van der Waals surface area contributed by atoms with Gasteiger partial charge in [0.2, 0.25) is 0 Å². The van der Waals surface area contributed by atoms with Gasteiger partial charge in [-0.3, -0.25) is 14.7 Å². The van der Waals surface area contributed by atoms with E-state index in [2.05, 4.69) is 15.3 Å². The Morgan fingerprint density at radius 2 is 2.29 bits per heavy atom. The van der Waals surface area contributed by atoms with Crippen LogP contribution in [0, 0.1) is 0 Å². The molecule has 2 aromatic heterocycles. The molecule has 0 atom stereocenters. The number of hydrogen-bond acceptors (Lipinski definition) is 5. The number of H-pyrrole nitrogens is 1. The quantitative estimate of drug-likeness (QED) is 0.801. The summed E-state index contributed by atoms with van der Waals surface area (Å²) in [6, 6.07) is 2.77. The van der Waals surface area contributed by atoms with Crippen molar-refractivity contribution in [1.82, 2.24) is 24.9 Å². The Labute approximate surface area is 121 Å². The Kier molecular flexibility index (Phi) is 4.83. The van der Waals surface area contributed by atoms with Crippen molar-refractivity contribution in [3.05, 3.63) is 46.1 Å². The number of nitrogens with zero attached hydrogens (tertiary/aromatic N) is 4. The minimum absolute atomic E-state index is 0.219. The van der Waals surface area contributed by atoms with Crippen LogP contribution in [0.4, 0.5) is 0 Å².